The molecule has 2 unspecified atom stereocenters. The van der Waals surface area contributed by atoms with Crippen molar-refractivity contribution in [2.75, 3.05) is 13.2 Å². The fraction of sp³-hybridized carbons (Fsp3) is 0.867. The summed E-state index contributed by atoms with van der Waals surface area (Å²) in [6, 6.07) is 0. The number of hydrogen-bond donors (Lipinski definition) is 1. The zero-order valence-corrected chi connectivity index (χ0v) is 13.3. The second-order valence-electron chi connectivity index (χ2n) is 5.42. The van der Waals surface area contributed by atoms with Crippen molar-refractivity contribution in [1.82, 2.24) is 10.1 Å². The van der Waals surface area contributed by atoms with Gasteiger partial charge in [-0.2, -0.15) is 4.98 Å². The van der Waals surface area contributed by atoms with E-state index < -0.39 is 5.60 Å². The highest BCUT2D eigenvalue weighted by Gasteiger charge is 2.30. The number of aromatic nitrogens is 2. The van der Waals surface area contributed by atoms with Crippen molar-refractivity contribution >= 4 is 0 Å². The molecule has 0 aromatic carbocycles. The van der Waals surface area contributed by atoms with Crippen LogP contribution in [-0.4, -0.2) is 23.3 Å². The third kappa shape index (κ3) is 4.56. The second-order valence-corrected chi connectivity index (χ2v) is 5.42. The molecule has 0 fully saturated rings. The predicted octanol–water partition coefficient (Wildman–Crippen LogP) is 3.04. The van der Waals surface area contributed by atoms with E-state index >= 15 is 0 Å². The fourth-order valence-electron chi connectivity index (χ4n) is 2.33. The molecular weight excluding hydrogens is 254 g/mol. The van der Waals surface area contributed by atoms with E-state index in [9.17, 15) is 0 Å². The van der Waals surface area contributed by atoms with Crippen LogP contribution in [0.5, 0.6) is 0 Å². The summed E-state index contributed by atoms with van der Waals surface area (Å²) in [4.78, 5) is 4.50. The van der Waals surface area contributed by atoms with E-state index in [1.54, 1.807) is 0 Å². The molecule has 0 aliphatic heterocycles. The Morgan fingerprint density at radius 2 is 2.05 bits per heavy atom. The Morgan fingerprint density at radius 3 is 2.60 bits per heavy atom. The first-order valence-corrected chi connectivity index (χ1v) is 7.76. The molecule has 0 amide bonds. The van der Waals surface area contributed by atoms with E-state index in [0.29, 0.717) is 24.2 Å². The number of aryl methyl sites for hydroxylation is 1. The highest BCUT2D eigenvalue weighted by Crippen LogP contribution is 2.26. The molecule has 0 spiro atoms. The predicted molar refractivity (Wildman–Crippen MR) is 79.3 cm³/mol. The molecule has 0 saturated carbocycles. The van der Waals surface area contributed by atoms with Gasteiger partial charge in [-0.15, -0.1) is 0 Å². The van der Waals surface area contributed by atoms with Crippen LogP contribution in [0.3, 0.4) is 0 Å². The van der Waals surface area contributed by atoms with Gasteiger partial charge in [-0.3, -0.25) is 0 Å². The van der Waals surface area contributed by atoms with Crippen LogP contribution in [0.2, 0.25) is 0 Å². The Hall–Kier alpha value is -0.940. The molecule has 0 aliphatic carbocycles. The van der Waals surface area contributed by atoms with Gasteiger partial charge in [-0.25, -0.2) is 0 Å². The van der Waals surface area contributed by atoms with Crippen LogP contribution >= 0.6 is 0 Å². The third-order valence-corrected chi connectivity index (χ3v) is 4.00. The van der Waals surface area contributed by atoms with Gasteiger partial charge < -0.3 is 15.0 Å². The Balaban J connectivity index is 2.62. The quantitative estimate of drug-likeness (QED) is 0.714. The van der Waals surface area contributed by atoms with Crippen LogP contribution < -0.4 is 5.73 Å². The summed E-state index contributed by atoms with van der Waals surface area (Å²) in [6.07, 6.45) is 4.89. The molecule has 0 aliphatic rings. The molecule has 1 rings (SSSR count). The summed E-state index contributed by atoms with van der Waals surface area (Å²) < 4.78 is 11.1. The summed E-state index contributed by atoms with van der Waals surface area (Å²) in [5.41, 5.74) is 5.17. The third-order valence-electron chi connectivity index (χ3n) is 4.00. The van der Waals surface area contributed by atoms with Crippen LogP contribution in [0.4, 0.5) is 0 Å². The largest absolute Gasteiger partial charge is 0.367 e. The van der Waals surface area contributed by atoms with Crippen LogP contribution in [0.1, 0.15) is 65.1 Å². The lowest BCUT2D eigenvalue weighted by Gasteiger charge is -2.23. The van der Waals surface area contributed by atoms with Gasteiger partial charge in [0.25, 0.3) is 0 Å². The summed E-state index contributed by atoms with van der Waals surface area (Å²) in [6.45, 7) is 9.64. The molecule has 0 bridgehead atoms. The van der Waals surface area contributed by atoms with Gasteiger partial charge in [-0.1, -0.05) is 25.4 Å². The van der Waals surface area contributed by atoms with Gasteiger partial charge in [0.05, 0.1) is 0 Å². The minimum atomic E-state index is -0.447. The topological polar surface area (TPSA) is 74.2 Å². The maximum atomic E-state index is 5.76. The number of rotatable bonds is 10. The van der Waals surface area contributed by atoms with Crippen molar-refractivity contribution in [2.45, 2.75) is 65.4 Å². The van der Waals surface area contributed by atoms with Gasteiger partial charge >= 0.3 is 0 Å². The Labute approximate surface area is 122 Å². The highest BCUT2D eigenvalue weighted by atomic mass is 16.5. The van der Waals surface area contributed by atoms with Crippen molar-refractivity contribution in [3.8, 4) is 0 Å². The molecular formula is C15H29N3O2. The van der Waals surface area contributed by atoms with Gasteiger partial charge in [0.15, 0.2) is 0 Å². The second kappa shape index (κ2) is 8.37. The molecule has 1 aromatic rings. The Bertz CT molecular complexity index is 381. The lowest BCUT2D eigenvalue weighted by Crippen LogP contribution is -2.26. The van der Waals surface area contributed by atoms with Crippen molar-refractivity contribution in [3.63, 3.8) is 0 Å². The maximum absolute atomic E-state index is 5.76. The Morgan fingerprint density at radius 1 is 1.30 bits per heavy atom. The van der Waals surface area contributed by atoms with E-state index in [-0.39, 0.29) is 0 Å². The first-order valence-electron chi connectivity index (χ1n) is 7.76. The lowest BCUT2D eigenvalue weighted by atomic mass is 9.97. The van der Waals surface area contributed by atoms with Gasteiger partial charge in [0.2, 0.25) is 11.7 Å². The SMILES string of the molecule is CCOC(C)(CC)c1noc(CCC(CC)CCN)n1. The first-order chi connectivity index (χ1) is 9.59. The minimum absolute atomic E-state index is 0.447. The summed E-state index contributed by atoms with van der Waals surface area (Å²) >= 11 is 0. The van der Waals surface area contributed by atoms with Crippen molar-refractivity contribution < 1.29 is 9.26 Å². The van der Waals surface area contributed by atoms with Gasteiger partial charge in [0.1, 0.15) is 5.60 Å². The highest BCUT2D eigenvalue weighted by molar-refractivity contribution is 4.99. The van der Waals surface area contributed by atoms with E-state index in [1.165, 1.54) is 0 Å². The van der Waals surface area contributed by atoms with Crippen LogP contribution in [0.15, 0.2) is 4.52 Å². The normalized spacial score (nSPS) is 16.1. The number of ether oxygens (including phenoxy) is 1. The Kier molecular flexibility index (Phi) is 7.16. The van der Waals surface area contributed by atoms with E-state index in [4.69, 9.17) is 15.0 Å². The molecule has 0 saturated heterocycles. The number of nitrogens with two attached hydrogens (primary N) is 1. The van der Waals surface area contributed by atoms with Crippen LogP contribution in [0.25, 0.3) is 0 Å². The first kappa shape index (κ1) is 17.1. The summed E-state index contributed by atoms with van der Waals surface area (Å²) in [7, 11) is 0. The average molecular weight is 283 g/mol. The molecule has 1 heterocycles. The van der Waals surface area contributed by atoms with Crippen molar-refractivity contribution in [3.05, 3.63) is 11.7 Å². The molecule has 116 valence electrons. The molecule has 2 N–H and O–H groups in total. The maximum Gasteiger partial charge on any atom is 0.226 e. The minimum Gasteiger partial charge on any atom is -0.367 e. The summed E-state index contributed by atoms with van der Waals surface area (Å²) in [5, 5.41) is 4.09. The monoisotopic (exact) mass is 283 g/mol. The molecule has 0 radical (unpaired) electrons. The average Bonchev–Trinajstić information content (AvgIpc) is 2.93. The van der Waals surface area contributed by atoms with Crippen LogP contribution in [0, 0.1) is 5.92 Å². The number of nitrogens with zero attached hydrogens (tertiary/aromatic N) is 2. The molecule has 5 nitrogen and oxygen atoms in total. The van der Waals surface area contributed by atoms with Crippen molar-refractivity contribution in [1.29, 1.82) is 0 Å². The summed E-state index contributed by atoms with van der Waals surface area (Å²) in [5.74, 6) is 2.00. The van der Waals surface area contributed by atoms with Gasteiger partial charge in [-0.05, 0) is 45.6 Å². The van der Waals surface area contributed by atoms with E-state index in [2.05, 4.69) is 24.0 Å². The molecule has 20 heavy (non-hydrogen) atoms. The van der Waals surface area contributed by atoms with Crippen LogP contribution in [-0.2, 0) is 16.8 Å². The zero-order chi connectivity index (χ0) is 15.0. The van der Waals surface area contributed by atoms with E-state index in [0.717, 1.165) is 38.6 Å². The smallest absolute Gasteiger partial charge is 0.226 e. The fourth-order valence-corrected chi connectivity index (χ4v) is 2.33. The molecule has 1 aromatic heterocycles. The number of hydrogen-bond acceptors (Lipinski definition) is 5. The van der Waals surface area contributed by atoms with E-state index in [1.807, 2.05) is 13.8 Å². The van der Waals surface area contributed by atoms with Gasteiger partial charge in [0, 0.05) is 13.0 Å². The standard InChI is InChI=1S/C15H29N3O2/c1-5-12(10-11-16)8-9-13-17-14(18-20-13)15(4,6-2)19-7-3/h12H,5-11,16H2,1-4H3. The lowest BCUT2D eigenvalue weighted by molar-refractivity contribution is -0.0403. The molecule has 2 atom stereocenters. The zero-order valence-electron chi connectivity index (χ0n) is 13.3. The molecule has 5 heteroatoms. The van der Waals surface area contributed by atoms with Crippen molar-refractivity contribution in [2.24, 2.45) is 11.7 Å².